The molecule has 0 aliphatic carbocycles. The zero-order valence-electron chi connectivity index (χ0n) is 51.9. The summed E-state index contributed by atoms with van der Waals surface area (Å²) in [5.41, 5.74) is 4.38. The van der Waals surface area contributed by atoms with Crippen molar-refractivity contribution in [3.8, 4) is 0 Å². The van der Waals surface area contributed by atoms with Gasteiger partial charge in [0.25, 0.3) is 11.1 Å². The summed E-state index contributed by atoms with van der Waals surface area (Å²) in [5, 5.41) is 76.6. The molecule has 2 aromatic heterocycles. The molecule has 6 aliphatic heterocycles. The van der Waals surface area contributed by atoms with E-state index in [4.69, 9.17) is 82.2 Å². The molecule has 2 unspecified atom stereocenters. The van der Waals surface area contributed by atoms with Crippen LogP contribution in [0.5, 0.6) is 0 Å². The van der Waals surface area contributed by atoms with Crippen LogP contribution in [-0.4, -0.2) is 191 Å². The van der Waals surface area contributed by atoms with Crippen molar-refractivity contribution in [2.45, 2.75) is 241 Å². The van der Waals surface area contributed by atoms with Gasteiger partial charge in [0.2, 0.25) is 6.10 Å². The third-order valence-corrected chi connectivity index (χ3v) is 13.9. The number of carboxylic acid groups (broad SMARTS) is 3. The van der Waals surface area contributed by atoms with E-state index in [1.807, 2.05) is 6.92 Å². The van der Waals surface area contributed by atoms with Crippen LogP contribution in [0.3, 0.4) is 0 Å². The Morgan fingerprint density at radius 2 is 1.12 bits per heavy atom. The molecule has 6 saturated heterocycles. The number of carbonyl (C=O) groups excluding carboxylic acids is 3. The minimum absolute atomic E-state index is 0. The number of cyclic esters (lactones) is 3. The fourth-order valence-electron chi connectivity index (χ4n) is 8.70. The monoisotopic (exact) mass is 1360 g/mol. The molecule has 8 rings (SSSR count). The summed E-state index contributed by atoms with van der Waals surface area (Å²) in [5.74, 6) is -3.10. The minimum atomic E-state index is -1.54. The van der Waals surface area contributed by atoms with Crippen LogP contribution < -0.4 is 62.9 Å². The van der Waals surface area contributed by atoms with Crippen molar-refractivity contribution in [2.75, 3.05) is 13.7 Å². The summed E-state index contributed by atoms with van der Waals surface area (Å²) in [6.45, 7) is 19.8. The van der Waals surface area contributed by atoms with Gasteiger partial charge in [0, 0.05) is 44.3 Å². The Hall–Kier alpha value is -4.58. The molecule has 2 aromatic rings. The topological polar surface area (TPSA) is 489 Å². The van der Waals surface area contributed by atoms with Gasteiger partial charge in [0.05, 0.1) is 56.7 Å². The van der Waals surface area contributed by atoms with Crippen LogP contribution in [0.15, 0.2) is 31.6 Å². The third-order valence-electron chi connectivity index (χ3n) is 13.6. The summed E-state index contributed by atoms with van der Waals surface area (Å²) >= 11 is 5.76. The van der Waals surface area contributed by atoms with E-state index in [1.165, 1.54) is 10.8 Å². The Morgan fingerprint density at radius 3 is 1.42 bits per heavy atom. The molecule has 0 bridgehead atoms. The molecule has 91 heavy (non-hydrogen) atoms. The van der Waals surface area contributed by atoms with Gasteiger partial charge < -0.3 is 85.1 Å². The first kappa shape index (κ1) is 100.0. The molecule has 17 atom stereocenters. The number of alkyl halides is 1. The second-order valence-electron chi connectivity index (χ2n) is 20.6. The molecule has 523 valence electrons. The van der Waals surface area contributed by atoms with Gasteiger partial charge in [0.1, 0.15) is 36.1 Å². The quantitative estimate of drug-likeness (QED) is 0.0555. The number of rotatable bonds is 11. The summed E-state index contributed by atoms with van der Waals surface area (Å²) in [6.07, 6.45) is 4.04. The van der Waals surface area contributed by atoms with Gasteiger partial charge in [0.15, 0.2) is 12.4 Å². The Morgan fingerprint density at radius 1 is 0.670 bits per heavy atom. The van der Waals surface area contributed by atoms with Crippen LogP contribution in [0.2, 0.25) is 0 Å². The van der Waals surface area contributed by atoms with Gasteiger partial charge in [-0.15, -0.1) is 12.4 Å². The molecule has 6 aliphatic rings. The first-order valence-corrected chi connectivity index (χ1v) is 28.1. The molecule has 8 heterocycles. The van der Waals surface area contributed by atoms with Gasteiger partial charge in [-0.3, -0.25) is 48.1 Å². The Bertz CT molecular complexity index is 2560. The average Bonchev–Trinajstić information content (AvgIpc) is 2.03. The van der Waals surface area contributed by atoms with E-state index < -0.39 is 90.5 Å². The average molecular weight is 1360 g/mol. The fourth-order valence-corrected chi connectivity index (χ4v) is 9.11. The number of nitrogens with zero attached hydrogens (tertiary/aromatic N) is 1. The van der Waals surface area contributed by atoms with Crippen molar-refractivity contribution in [1.29, 1.82) is 0 Å². The van der Waals surface area contributed by atoms with Crippen molar-refractivity contribution >= 4 is 68.2 Å². The number of hydrogen-bond acceptors (Lipinski definition) is 23. The van der Waals surface area contributed by atoms with E-state index >= 15 is 0 Å². The van der Waals surface area contributed by atoms with Crippen molar-refractivity contribution in [2.24, 2.45) is 29.4 Å². The number of aliphatic hydroxyl groups is 5. The van der Waals surface area contributed by atoms with Gasteiger partial charge in [-0.05, 0) is 70.1 Å². The number of nitrogens with two attached hydrogens (primary N) is 1. The molecular weight excluding hydrogens is 1260 g/mol. The summed E-state index contributed by atoms with van der Waals surface area (Å²) < 4.78 is 31.6. The molecule has 0 amide bonds. The van der Waals surface area contributed by atoms with Gasteiger partial charge in [-0.1, -0.05) is 89.3 Å². The third kappa shape index (κ3) is 37.2. The van der Waals surface area contributed by atoms with Crippen LogP contribution in [0.1, 0.15) is 166 Å². The van der Waals surface area contributed by atoms with E-state index in [-0.39, 0.29) is 133 Å². The van der Waals surface area contributed by atoms with Crippen molar-refractivity contribution in [1.82, 2.24) is 19.5 Å². The minimum Gasteiger partial charge on any atom is -0.857 e. The number of esters is 3. The number of aryl methyl sites for hydroxylation is 2. The van der Waals surface area contributed by atoms with Gasteiger partial charge in [-0.25, -0.2) is 14.4 Å². The van der Waals surface area contributed by atoms with Crippen LogP contribution in [0.4, 0.5) is 0 Å². The van der Waals surface area contributed by atoms with Crippen LogP contribution in [-0.2, 0) is 57.2 Å². The second kappa shape index (κ2) is 51.8. The summed E-state index contributed by atoms with van der Waals surface area (Å²) in [4.78, 5) is 112. The summed E-state index contributed by atoms with van der Waals surface area (Å²) in [6, 6.07) is -1.54. The number of aromatic nitrogens is 4. The molecule has 34 heteroatoms. The zero-order valence-corrected chi connectivity index (χ0v) is 55.4. The first-order chi connectivity index (χ1) is 39.7. The van der Waals surface area contributed by atoms with Crippen molar-refractivity contribution in [3.05, 3.63) is 65.2 Å². The van der Waals surface area contributed by atoms with Crippen molar-refractivity contribution < 1.29 is 133 Å². The van der Waals surface area contributed by atoms with E-state index in [0.29, 0.717) is 53.4 Å². The molecule has 0 aromatic carbocycles. The van der Waals surface area contributed by atoms with E-state index in [1.54, 1.807) is 20.0 Å². The number of carboxylic acids is 3. The maximum atomic E-state index is 11.7. The molecule has 6 fully saturated rings. The first-order valence-electron chi connectivity index (χ1n) is 27.7. The SMILES string of the molecule is C.C.C.CC[C@@H]1OC(=O)C[C@H]1C.CC[C@@H]1OC(O)C[C@H]1C.CC[C@@H]1OC(n2cc(C)c(=O)[nH]c2=O)C[C@H]1C.CC[C@@H]1O[C@@H](Cl)C[C@H]1C.C[O-].Cc1c[nH]c(=O)[nH]c1=O.Cl.N[C@@H](C(=O)O)[C@H](O)CC(=O)O.O=C1C[C@@H](O)[C@H](C(=O)O)O1.O=C1C[C@@H](O)[C@H](CO)O1.[B].[Na+]. The van der Waals surface area contributed by atoms with E-state index in [2.05, 4.69) is 72.9 Å². The number of ether oxygens (including phenoxy) is 6. The number of hydrogen-bond donors (Lipinski definition) is 12. The molecule has 0 saturated carbocycles. The molecule has 13 N–H and O–H groups in total. The zero-order chi connectivity index (χ0) is 65.6. The number of carbonyl (C=O) groups is 6. The van der Waals surface area contributed by atoms with Gasteiger partial charge >= 0.3 is 76.8 Å². The second-order valence-corrected chi connectivity index (χ2v) is 21.1. The largest absolute Gasteiger partial charge is 1.00 e. The Balaban J connectivity index is -0.000000177. The molecule has 0 spiro atoms. The number of nitrogens with one attached hydrogen (secondary N) is 3. The molecule has 3 radical (unpaired) electrons. The van der Waals surface area contributed by atoms with E-state index in [9.17, 15) is 47.9 Å². The van der Waals surface area contributed by atoms with Crippen LogP contribution >= 0.6 is 24.0 Å². The Labute approximate surface area is 566 Å². The standard InChI is InChI=1S/C12H18N2O3.C7H13ClO.C7H14O2.C7H12O2.C5H6N2O2.C5H9NO5.C5H6O5.C5H8O4.CH3O.3CH4.B.ClH.Na/c1-4-9-7(2)5-10(17-9)14-6-8(3)11(15)13-12(14)16;3*1-3-6-5(2)4-7(8)9-6;1-3-2-6-5(9)7-4(3)8;6-4(5(10)11)2(7)1-3(8)9;6-2-1-3(7)10-4(2)5(8)9;6-2-4-3(7)1-5(8)9-4;1-2;;;;;;/h6-7,9-10H,4-5H2,1-3H3,(H,13,15,16);5-7H,3-4H2,1-2H3;5-8H,3-4H2,1-2H3;5-6H,3-4H2,1-2H3;2H,1H3,(H2,6,7,8,9);2,4,7H,1,6H2,(H,8,9)(H,10,11);2,4,6H,1H2,(H,8,9);3-4,6-7H,1-2H2;1H3;3*1H4;;1H;/q;;;;;;;;-1;;;;;;+1/t7-,9+,10?;5-,6+,7-;5-,6+,7?;5-,6+;;2*2-,4-;3-,4+;;;;;;;/m1111.111......./s1. The molecule has 30 nitrogen and oxygen atoms in total. The van der Waals surface area contributed by atoms with Crippen LogP contribution in [0, 0.1) is 37.5 Å². The smallest absolute Gasteiger partial charge is 0.857 e. The van der Waals surface area contributed by atoms with Gasteiger partial charge in [-0.2, -0.15) is 7.11 Å². The number of H-pyrrole nitrogens is 3. The van der Waals surface area contributed by atoms with Crippen LogP contribution in [0.25, 0.3) is 0 Å². The number of halogens is 2. The fraction of sp³-hybridized carbons (Fsp3) is 0.754. The van der Waals surface area contributed by atoms with Crippen molar-refractivity contribution in [3.63, 3.8) is 0 Å². The van der Waals surface area contributed by atoms with E-state index in [0.717, 1.165) is 52.1 Å². The maximum Gasteiger partial charge on any atom is 1.00 e. The number of aromatic amines is 3. The predicted octanol–water partition coefficient (Wildman–Crippen LogP) is -1.01. The maximum absolute atomic E-state index is 11.7. The Kier molecular flexibility index (Phi) is 56.9. The number of aliphatic hydroxyl groups excluding tert-OH is 5. The number of aliphatic carboxylic acids is 3. The normalized spacial score (nSPS) is 27.2. The predicted molar refractivity (Wildman–Crippen MR) is 333 cm³/mol. The molecular formula is C57H102BCl2N5NaO25. The summed E-state index contributed by atoms with van der Waals surface area (Å²) in [7, 11) is 0.750.